The monoisotopic (exact) mass is 255 g/mol. The molecule has 17 heavy (non-hydrogen) atoms. The molecule has 0 amide bonds. The highest BCUT2D eigenvalue weighted by atomic mass is 35.5. The van der Waals surface area contributed by atoms with Crippen LogP contribution in [0.15, 0.2) is 12.1 Å². The second kappa shape index (κ2) is 6.87. The van der Waals surface area contributed by atoms with Crippen molar-refractivity contribution in [2.75, 3.05) is 26.6 Å². The predicted octanol–water partition coefficient (Wildman–Crippen LogP) is 3.37. The van der Waals surface area contributed by atoms with Gasteiger partial charge in [0.2, 0.25) is 0 Å². The van der Waals surface area contributed by atoms with E-state index in [1.807, 2.05) is 0 Å². The molecule has 0 N–H and O–H groups in total. The first-order valence-electron chi connectivity index (χ1n) is 5.97. The molecule has 0 atom stereocenters. The molecule has 0 aromatic heterocycles. The number of ether oxygens (including phenoxy) is 1. The average Bonchev–Trinajstić information content (AvgIpc) is 2.30. The molecular weight excluding hydrogens is 234 g/mol. The van der Waals surface area contributed by atoms with Crippen LogP contribution in [0.3, 0.4) is 0 Å². The van der Waals surface area contributed by atoms with Gasteiger partial charge in [-0.25, -0.2) is 0 Å². The Balaban J connectivity index is 2.74. The van der Waals surface area contributed by atoms with Crippen LogP contribution in [0, 0.1) is 13.8 Å². The van der Waals surface area contributed by atoms with Crippen LogP contribution in [0.25, 0.3) is 0 Å². The van der Waals surface area contributed by atoms with E-state index in [-0.39, 0.29) is 0 Å². The Labute approximate surface area is 110 Å². The van der Waals surface area contributed by atoms with Crippen LogP contribution >= 0.6 is 11.6 Å². The summed E-state index contributed by atoms with van der Waals surface area (Å²) in [5.41, 5.74) is 3.84. The fraction of sp³-hybridized carbons (Fsp3) is 0.571. The fourth-order valence-corrected chi connectivity index (χ4v) is 2.06. The molecule has 1 rings (SSSR count). The van der Waals surface area contributed by atoms with E-state index in [0.717, 1.165) is 31.1 Å². The average molecular weight is 256 g/mol. The second-order valence-corrected chi connectivity index (χ2v) is 4.91. The lowest BCUT2D eigenvalue weighted by molar-refractivity contribution is 0.327. The van der Waals surface area contributed by atoms with Crippen LogP contribution in [-0.2, 0) is 6.54 Å². The Bertz CT molecular complexity index is 365. The number of benzene rings is 1. The van der Waals surface area contributed by atoms with E-state index in [1.54, 1.807) is 7.11 Å². The molecule has 2 nitrogen and oxygen atoms in total. The summed E-state index contributed by atoms with van der Waals surface area (Å²) in [6.07, 6.45) is 1.03. The van der Waals surface area contributed by atoms with Crippen molar-refractivity contribution in [2.45, 2.75) is 26.8 Å². The zero-order valence-electron chi connectivity index (χ0n) is 11.2. The van der Waals surface area contributed by atoms with Gasteiger partial charge in [0.05, 0.1) is 7.11 Å². The van der Waals surface area contributed by atoms with Crippen molar-refractivity contribution in [3.8, 4) is 5.75 Å². The molecule has 0 bridgehead atoms. The molecule has 1 aromatic rings. The number of alkyl halides is 1. The summed E-state index contributed by atoms with van der Waals surface area (Å²) >= 11 is 5.70. The van der Waals surface area contributed by atoms with E-state index in [0.29, 0.717) is 0 Å². The standard InChI is InChI=1S/C14H22ClNO/c1-11-9-14(17-4)12(2)8-13(11)10-16(3)7-5-6-15/h8-9H,5-7,10H2,1-4H3. The summed E-state index contributed by atoms with van der Waals surface area (Å²) in [6, 6.07) is 4.32. The number of nitrogens with zero attached hydrogens (tertiary/aromatic N) is 1. The highest BCUT2D eigenvalue weighted by molar-refractivity contribution is 6.17. The molecule has 0 spiro atoms. The van der Waals surface area contributed by atoms with Gasteiger partial charge in [0.1, 0.15) is 5.75 Å². The van der Waals surface area contributed by atoms with Crippen LogP contribution in [0.5, 0.6) is 5.75 Å². The first-order chi connectivity index (χ1) is 8.08. The Morgan fingerprint density at radius 1 is 1.24 bits per heavy atom. The van der Waals surface area contributed by atoms with E-state index < -0.39 is 0 Å². The van der Waals surface area contributed by atoms with Crippen molar-refractivity contribution in [1.82, 2.24) is 4.90 Å². The zero-order valence-corrected chi connectivity index (χ0v) is 12.0. The van der Waals surface area contributed by atoms with Crippen molar-refractivity contribution in [2.24, 2.45) is 0 Å². The Hall–Kier alpha value is -0.730. The summed E-state index contributed by atoms with van der Waals surface area (Å²) in [5, 5.41) is 0. The third kappa shape index (κ3) is 4.21. The molecule has 0 heterocycles. The zero-order chi connectivity index (χ0) is 12.8. The molecule has 3 heteroatoms. The third-order valence-corrected chi connectivity index (χ3v) is 3.23. The van der Waals surface area contributed by atoms with Gasteiger partial charge in [-0.15, -0.1) is 11.6 Å². The van der Waals surface area contributed by atoms with Crippen LogP contribution in [0.1, 0.15) is 23.1 Å². The van der Waals surface area contributed by atoms with Crippen molar-refractivity contribution in [3.63, 3.8) is 0 Å². The van der Waals surface area contributed by atoms with Gasteiger partial charge in [-0.1, -0.05) is 6.07 Å². The van der Waals surface area contributed by atoms with E-state index in [9.17, 15) is 0 Å². The maximum atomic E-state index is 5.70. The number of halogens is 1. The molecule has 0 aliphatic carbocycles. The lowest BCUT2D eigenvalue weighted by atomic mass is 10.0. The van der Waals surface area contributed by atoms with E-state index in [1.165, 1.54) is 16.7 Å². The summed E-state index contributed by atoms with van der Waals surface area (Å²) in [7, 11) is 3.85. The Morgan fingerprint density at radius 3 is 2.53 bits per heavy atom. The van der Waals surface area contributed by atoms with Gasteiger partial charge in [0.25, 0.3) is 0 Å². The van der Waals surface area contributed by atoms with Gasteiger partial charge in [-0.3, -0.25) is 0 Å². The summed E-state index contributed by atoms with van der Waals surface area (Å²) in [5.74, 6) is 1.69. The molecule has 96 valence electrons. The maximum Gasteiger partial charge on any atom is 0.122 e. The van der Waals surface area contributed by atoms with Gasteiger partial charge in [-0.2, -0.15) is 0 Å². The van der Waals surface area contributed by atoms with Gasteiger partial charge < -0.3 is 9.64 Å². The summed E-state index contributed by atoms with van der Waals surface area (Å²) in [4.78, 5) is 2.30. The SMILES string of the molecule is COc1cc(C)c(CN(C)CCCCl)cc1C. The van der Waals surface area contributed by atoms with E-state index in [2.05, 4.69) is 37.9 Å². The minimum Gasteiger partial charge on any atom is -0.496 e. The summed E-state index contributed by atoms with van der Waals surface area (Å²) < 4.78 is 5.32. The van der Waals surface area contributed by atoms with Gasteiger partial charge in [-0.05, 0) is 56.6 Å². The van der Waals surface area contributed by atoms with E-state index >= 15 is 0 Å². The first kappa shape index (κ1) is 14.3. The highest BCUT2D eigenvalue weighted by Gasteiger charge is 2.07. The first-order valence-corrected chi connectivity index (χ1v) is 6.50. The van der Waals surface area contributed by atoms with Crippen molar-refractivity contribution in [3.05, 3.63) is 28.8 Å². The Kier molecular flexibility index (Phi) is 5.79. The van der Waals surface area contributed by atoms with Crippen LogP contribution in [0.4, 0.5) is 0 Å². The van der Waals surface area contributed by atoms with Crippen LogP contribution < -0.4 is 4.74 Å². The fourth-order valence-electron chi connectivity index (χ4n) is 1.94. The smallest absolute Gasteiger partial charge is 0.122 e. The molecule has 1 aromatic carbocycles. The van der Waals surface area contributed by atoms with Gasteiger partial charge in [0.15, 0.2) is 0 Å². The summed E-state index contributed by atoms with van der Waals surface area (Å²) in [6.45, 7) is 6.22. The van der Waals surface area contributed by atoms with Crippen molar-refractivity contribution in [1.29, 1.82) is 0 Å². The largest absolute Gasteiger partial charge is 0.496 e. The minimum absolute atomic E-state index is 0.727. The number of rotatable bonds is 6. The normalized spacial score (nSPS) is 10.9. The molecule has 0 aliphatic rings. The quantitative estimate of drug-likeness (QED) is 0.723. The molecular formula is C14H22ClNO. The number of hydrogen-bond acceptors (Lipinski definition) is 2. The minimum atomic E-state index is 0.727. The molecule has 0 radical (unpaired) electrons. The van der Waals surface area contributed by atoms with E-state index in [4.69, 9.17) is 16.3 Å². The number of hydrogen-bond donors (Lipinski definition) is 0. The number of aryl methyl sites for hydroxylation is 2. The molecule has 0 saturated heterocycles. The van der Waals surface area contributed by atoms with Gasteiger partial charge >= 0.3 is 0 Å². The maximum absolute atomic E-state index is 5.70. The predicted molar refractivity (Wildman–Crippen MR) is 74.1 cm³/mol. The lowest BCUT2D eigenvalue weighted by Gasteiger charge is -2.18. The highest BCUT2D eigenvalue weighted by Crippen LogP contribution is 2.23. The third-order valence-electron chi connectivity index (χ3n) is 2.97. The van der Waals surface area contributed by atoms with Gasteiger partial charge in [0, 0.05) is 12.4 Å². The Morgan fingerprint density at radius 2 is 1.94 bits per heavy atom. The number of methoxy groups -OCH3 is 1. The molecule has 0 saturated carbocycles. The van der Waals surface area contributed by atoms with Crippen molar-refractivity contribution >= 4 is 11.6 Å². The van der Waals surface area contributed by atoms with Crippen LogP contribution in [-0.4, -0.2) is 31.5 Å². The molecule has 0 unspecified atom stereocenters. The lowest BCUT2D eigenvalue weighted by Crippen LogP contribution is -2.20. The van der Waals surface area contributed by atoms with Crippen molar-refractivity contribution < 1.29 is 4.74 Å². The molecule has 0 fully saturated rings. The topological polar surface area (TPSA) is 12.5 Å². The second-order valence-electron chi connectivity index (χ2n) is 4.53. The molecule has 0 aliphatic heterocycles. The van der Waals surface area contributed by atoms with Crippen LogP contribution in [0.2, 0.25) is 0 Å².